The van der Waals surface area contributed by atoms with Crippen LogP contribution in [0.1, 0.15) is 26.7 Å². The number of rotatable bonds is 3. The van der Waals surface area contributed by atoms with Crippen LogP contribution in [-0.4, -0.2) is 54.9 Å². The van der Waals surface area contributed by atoms with E-state index in [-0.39, 0.29) is 12.5 Å². The largest absolute Gasteiger partial charge is 0.370 e. The fourth-order valence-electron chi connectivity index (χ4n) is 1.78. The lowest BCUT2D eigenvalue weighted by Crippen LogP contribution is -2.43. The van der Waals surface area contributed by atoms with Crippen molar-refractivity contribution in [2.45, 2.75) is 26.7 Å². The summed E-state index contributed by atoms with van der Waals surface area (Å²) in [6.07, 6.45) is 2.30. The molecule has 5 heteroatoms. The Hall–Kier alpha value is -1.26. The van der Waals surface area contributed by atoms with Crippen LogP contribution < -0.4 is 5.73 Å². The molecule has 1 fully saturated rings. The standard InChI is InChI=1S/C12H24N4O/c1-4-15(3)11(17)9-14-12(13)16-7-5-10(2)6-8-16/h10H,4-9H2,1-3H3,(H2,13,14). The third kappa shape index (κ3) is 4.24. The zero-order chi connectivity index (χ0) is 12.8. The number of hydrogen-bond donors (Lipinski definition) is 1. The number of likely N-dealkylation sites (N-methyl/N-ethyl adjacent to an activating group) is 1. The van der Waals surface area contributed by atoms with E-state index in [0.29, 0.717) is 12.5 Å². The van der Waals surface area contributed by atoms with E-state index in [1.54, 1.807) is 11.9 Å². The van der Waals surface area contributed by atoms with Gasteiger partial charge in [0.2, 0.25) is 5.91 Å². The molecule has 0 atom stereocenters. The second-order valence-corrected chi connectivity index (χ2v) is 4.75. The molecule has 0 aromatic heterocycles. The van der Waals surface area contributed by atoms with Gasteiger partial charge in [-0.25, -0.2) is 4.99 Å². The Morgan fingerprint density at radius 1 is 1.47 bits per heavy atom. The highest BCUT2D eigenvalue weighted by Gasteiger charge is 2.17. The second-order valence-electron chi connectivity index (χ2n) is 4.75. The van der Waals surface area contributed by atoms with Gasteiger partial charge in [-0.1, -0.05) is 6.92 Å². The molecule has 1 aliphatic rings. The van der Waals surface area contributed by atoms with Crippen LogP contribution in [0.4, 0.5) is 0 Å². The molecular formula is C12H24N4O. The first-order valence-corrected chi connectivity index (χ1v) is 6.33. The molecule has 2 N–H and O–H groups in total. The molecule has 1 rings (SSSR count). The van der Waals surface area contributed by atoms with Gasteiger partial charge < -0.3 is 15.5 Å². The van der Waals surface area contributed by atoms with Crippen molar-refractivity contribution in [3.05, 3.63) is 0 Å². The van der Waals surface area contributed by atoms with Crippen molar-refractivity contribution < 1.29 is 4.79 Å². The summed E-state index contributed by atoms with van der Waals surface area (Å²) in [6, 6.07) is 0. The zero-order valence-electron chi connectivity index (χ0n) is 11.1. The van der Waals surface area contributed by atoms with Gasteiger partial charge in [-0.15, -0.1) is 0 Å². The average Bonchev–Trinajstić information content (AvgIpc) is 2.35. The molecular weight excluding hydrogens is 216 g/mol. The summed E-state index contributed by atoms with van der Waals surface area (Å²) in [6.45, 7) is 6.96. The molecule has 0 aromatic rings. The summed E-state index contributed by atoms with van der Waals surface area (Å²) in [5.74, 6) is 1.29. The van der Waals surface area contributed by atoms with Gasteiger partial charge in [0.15, 0.2) is 5.96 Å². The van der Waals surface area contributed by atoms with Crippen molar-refractivity contribution in [2.75, 3.05) is 33.2 Å². The number of hydrogen-bond acceptors (Lipinski definition) is 2. The molecule has 1 aliphatic heterocycles. The zero-order valence-corrected chi connectivity index (χ0v) is 11.1. The van der Waals surface area contributed by atoms with Crippen LogP contribution >= 0.6 is 0 Å². The maximum Gasteiger partial charge on any atom is 0.244 e. The maximum atomic E-state index is 11.6. The van der Waals surface area contributed by atoms with Gasteiger partial charge in [0.05, 0.1) is 0 Å². The van der Waals surface area contributed by atoms with Crippen molar-refractivity contribution in [1.29, 1.82) is 0 Å². The molecule has 0 aliphatic carbocycles. The minimum absolute atomic E-state index is 0.0147. The first-order valence-electron chi connectivity index (χ1n) is 6.33. The summed E-state index contributed by atoms with van der Waals surface area (Å²) in [7, 11) is 1.77. The Morgan fingerprint density at radius 2 is 2.06 bits per heavy atom. The molecule has 0 saturated carbocycles. The summed E-state index contributed by atoms with van der Waals surface area (Å²) in [5.41, 5.74) is 5.89. The molecule has 0 aromatic carbocycles. The van der Waals surface area contributed by atoms with Gasteiger partial charge in [0, 0.05) is 26.7 Å². The smallest absolute Gasteiger partial charge is 0.244 e. The molecule has 1 heterocycles. The normalized spacial score (nSPS) is 18.3. The number of carbonyl (C=O) groups is 1. The molecule has 98 valence electrons. The fourth-order valence-corrected chi connectivity index (χ4v) is 1.78. The number of nitrogens with two attached hydrogens (primary N) is 1. The van der Waals surface area contributed by atoms with Crippen molar-refractivity contribution in [3.63, 3.8) is 0 Å². The molecule has 5 nitrogen and oxygen atoms in total. The van der Waals surface area contributed by atoms with E-state index in [4.69, 9.17) is 5.73 Å². The summed E-state index contributed by atoms with van der Waals surface area (Å²) >= 11 is 0. The number of nitrogens with zero attached hydrogens (tertiary/aromatic N) is 3. The quantitative estimate of drug-likeness (QED) is 0.577. The predicted octanol–water partition coefficient (Wildman–Crippen LogP) is 0.511. The summed E-state index contributed by atoms with van der Waals surface area (Å²) in [5, 5.41) is 0. The minimum Gasteiger partial charge on any atom is -0.370 e. The fraction of sp³-hybridized carbons (Fsp3) is 0.833. The van der Waals surface area contributed by atoms with E-state index >= 15 is 0 Å². The molecule has 1 amide bonds. The Balaban J connectivity index is 2.41. The number of amides is 1. The van der Waals surface area contributed by atoms with Crippen molar-refractivity contribution in [3.8, 4) is 0 Å². The van der Waals surface area contributed by atoms with Crippen LogP contribution in [0, 0.1) is 5.92 Å². The number of aliphatic imine (C=N–C) groups is 1. The number of likely N-dealkylation sites (tertiary alicyclic amines) is 1. The Bertz CT molecular complexity index is 282. The van der Waals surface area contributed by atoms with E-state index in [2.05, 4.69) is 16.8 Å². The van der Waals surface area contributed by atoms with Crippen LogP contribution in [0.15, 0.2) is 4.99 Å². The number of piperidine rings is 1. The van der Waals surface area contributed by atoms with Crippen LogP contribution in [0.3, 0.4) is 0 Å². The molecule has 17 heavy (non-hydrogen) atoms. The molecule has 0 bridgehead atoms. The van der Waals surface area contributed by atoms with Gasteiger partial charge in [-0.3, -0.25) is 4.79 Å². The summed E-state index contributed by atoms with van der Waals surface area (Å²) < 4.78 is 0. The Labute approximate surface area is 104 Å². The Morgan fingerprint density at radius 3 is 2.59 bits per heavy atom. The third-order valence-corrected chi connectivity index (χ3v) is 3.38. The highest BCUT2D eigenvalue weighted by molar-refractivity contribution is 5.84. The van der Waals surface area contributed by atoms with Crippen LogP contribution in [0.25, 0.3) is 0 Å². The van der Waals surface area contributed by atoms with Gasteiger partial charge in [-0.05, 0) is 25.7 Å². The number of guanidine groups is 1. The lowest BCUT2D eigenvalue weighted by atomic mass is 10.00. The van der Waals surface area contributed by atoms with Crippen LogP contribution in [0.2, 0.25) is 0 Å². The lowest BCUT2D eigenvalue weighted by Gasteiger charge is -2.31. The molecule has 0 unspecified atom stereocenters. The van der Waals surface area contributed by atoms with Crippen molar-refractivity contribution in [1.82, 2.24) is 9.80 Å². The average molecular weight is 240 g/mol. The predicted molar refractivity (Wildman–Crippen MR) is 69.8 cm³/mol. The van der Waals surface area contributed by atoms with Gasteiger partial charge in [0.25, 0.3) is 0 Å². The minimum atomic E-state index is 0.0147. The first kappa shape index (κ1) is 13.8. The van der Waals surface area contributed by atoms with Crippen LogP contribution in [-0.2, 0) is 4.79 Å². The van der Waals surface area contributed by atoms with Gasteiger partial charge in [0.1, 0.15) is 6.54 Å². The van der Waals surface area contributed by atoms with E-state index in [9.17, 15) is 4.79 Å². The Kier molecular flexibility index (Phi) is 5.25. The molecule has 1 saturated heterocycles. The van der Waals surface area contributed by atoms with Crippen molar-refractivity contribution >= 4 is 11.9 Å². The summed E-state index contributed by atoms with van der Waals surface area (Å²) in [4.78, 5) is 19.4. The van der Waals surface area contributed by atoms with Gasteiger partial charge in [-0.2, -0.15) is 0 Å². The molecule has 0 radical (unpaired) electrons. The highest BCUT2D eigenvalue weighted by Crippen LogP contribution is 2.15. The highest BCUT2D eigenvalue weighted by atomic mass is 16.2. The van der Waals surface area contributed by atoms with E-state index in [1.165, 1.54) is 0 Å². The van der Waals surface area contributed by atoms with E-state index in [1.807, 2.05) is 6.92 Å². The topological polar surface area (TPSA) is 61.9 Å². The third-order valence-electron chi connectivity index (χ3n) is 3.38. The van der Waals surface area contributed by atoms with Crippen LogP contribution in [0.5, 0.6) is 0 Å². The lowest BCUT2D eigenvalue weighted by molar-refractivity contribution is -0.128. The monoisotopic (exact) mass is 240 g/mol. The second kappa shape index (κ2) is 6.47. The van der Waals surface area contributed by atoms with E-state index < -0.39 is 0 Å². The molecule has 0 spiro atoms. The number of carbonyl (C=O) groups excluding carboxylic acids is 1. The SMILES string of the molecule is CCN(C)C(=O)CN=C(N)N1CCC(C)CC1. The van der Waals surface area contributed by atoms with E-state index in [0.717, 1.165) is 31.8 Å². The van der Waals surface area contributed by atoms with Crippen molar-refractivity contribution in [2.24, 2.45) is 16.6 Å². The van der Waals surface area contributed by atoms with Gasteiger partial charge >= 0.3 is 0 Å². The first-order chi connectivity index (χ1) is 8.04. The maximum absolute atomic E-state index is 11.6.